The van der Waals surface area contributed by atoms with E-state index in [-0.39, 0.29) is 0 Å². The summed E-state index contributed by atoms with van der Waals surface area (Å²) in [6.45, 7) is 4.47. The van der Waals surface area contributed by atoms with E-state index in [2.05, 4.69) is 68.5 Å². The molecule has 1 aliphatic heterocycles. The third-order valence-corrected chi connectivity index (χ3v) is 5.74. The Bertz CT molecular complexity index is 1030. The Morgan fingerprint density at radius 1 is 1.12 bits per heavy atom. The first kappa shape index (κ1) is 15.5. The SMILES string of the molecule is CC(c1ccccc1)N1CCC(c2nnn3cnc4[nH]ccc4c23)CC1. The van der Waals surface area contributed by atoms with Gasteiger partial charge in [0.2, 0.25) is 0 Å². The summed E-state index contributed by atoms with van der Waals surface area (Å²) in [6.07, 6.45) is 5.90. The highest BCUT2D eigenvalue weighted by Gasteiger charge is 2.28. The standard InChI is InChI=1S/C20H22N6/c1-14(15-5-3-2-4-6-15)25-11-8-16(9-12-25)18-19-17-7-10-21-20(17)22-13-26(19)24-23-18/h2-7,10,13-14,16,21H,8-9,11-12H2,1H3. The Balaban J connectivity index is 1.39. The summed E-state index contributed by atoms with van der Waals surface area (Å²) in [5.74, 6) is 0.451. The third-order valence-electron chi connectivity index (χ3n) is 5.74. The van der Waals surface area contributed by atoms with Crippen molar-refractivity contribution in [2.75, 3.05) is 13.1 Å². The van der Waals surface area contributed by atoms with Crippen LogP contribution in [0.3, 0.4) is 0 Å². The summed E-state index contributed by atoms with van der Waals surface area (Å²) in [5.41, 5.74) is 4.51. The summed E-state index contributed by atoms with van der Waals surface area (Å²) < 4.78 is 1.81. The Hall–Kier alpha value is -2.73. The fraction of sp³-hybridized carbons (Fsp3) is 0.350. The molecule has 5 rings (SSSR count). The van der Waals surface area contributed by atoms with Crippen molar-refractivity contribution in [1.82, 2.24) is 29.7 Å². The lowest BCUT2D eigenvalue weighted by Gasteiger charge is -2.35. The second kappa shape index (κ2) is 6.21. The number of aromatic nitrogens is 5. The van der Waals surface area contributed by atoms with E-state index in [1.54, 1.807) is 6.33 Å². The average molecular weight is 346 g/mol. The van der Waals surface area contributed by atoms with E-state index in [4.69, 9.17) is 0 Å². The Labute approximate surface area is 151 Å². The van der Waals surface area contributed by atoms with E-state index in [9.17, 15) is 0 Å². The van der Waals surface area contributed by atoms with E-state index in [0.717, 1.165) is 48.2 Å². The van der Waals surface area contributed by atoms with Crippen LogP contribution in [0.5, 0.6) is 0 Å². The van der Waals surface area contributed by atoms with Crippen LogP contribution in [-0.4, -0.2) is 42.8 Å². The van der Waals surface area contributed by atoms with E-state index >= 15 is 0 Å². The molecule has 1 atom stereocenters. The zero-order valence-corrected chi connectivity index (χ0v) is 14.8. The van der Waals surface area contributed by atoms with Crippen molar-refractivity contribution in [3.05, 3.63) is 60.2 Å². The van der Waals surface area contributed by atoms with Gasteiger partial charge in [0, 0.05) is 23.5 Å². The summed E-state index contributed by atoms with van der Waals surface area (Å²) in [7, 11) is 0. The van der Waals surface area contributed by atoms with Gasteiger partial charge >= 0.3 is 0 Å². The van der Waals surface area contributed by atoms with Crippen LogP contribution in [0, 0.1) is 0 Å². The largest absolute Gasteiger partial charge is 0.346 e. The van der Waals surface area contributed by atoms with E-state index in [1.165, 1.54) is 5.56 Å². The van der Waals surface area contributed by atoms with Gasteiger partial charge in [-0.1, -0.05) is 35.5 Å². The molecule has 3 aromatic heterocycles. The molecule has 0 amide bonds. The maximum Gasteiger partial charge on any atom is 0.141 e. The molecule has 0 saturated carbocycles. The lowest BCUT2D eigenvalue weighted by molar-refractivity contribution is 0.161. The molecule has 6 nitrogen and oxygen atoms in total. The van der Waals surface area contributed by atoms with Gasteiger partial charge in [-0.15, -0.1) is 5.10 Å². The first-order chi connectivity index (χ1) is 12.8. The van der Waals surface area contributed by atoms with Gasteiger partial charge in [0.15, 0.2) is 0 Å². The van der Waals surface area contributed by atoms with E-state index in [1.807, 2.05) is 10.7 Å². The van der Waals surface area contributed by atoms with Crippen molar-refractivity contribution in [2.45, 2.75) is 31.7 Å². The summed E-state index contributed by atoms with van der Waals surface area (Å²) in [5, 5.41) is 9.92. The molecular weight excluding hydrogens is 324 g/mol. The van der Waals surface area contributed by atoms with Gasteiger partial charge in [-0.3, -0.25) is 4.90 Å². The highest BCUT2D eigenvalue weighted by molar-refractivity contribution is 5.92. The molecular formula is C20H22N6. The van der Waals surface area contributed by atoms with Gasteiger partial charge in [-0.2, -0.15) is 0 Å². The molecule has 26 heavy (non-hydrogen) atoms. The number of benzene rings is 1. The number of H-pyrrole nitrogens is 1. The number of nitrogens with one attached hydrogen (secondary N) is 1. The summed E-state index contributed by atoms with van der Waals surface area (Å²) in [4.78, 5) is 10.2. The molecule has 1 aromatic carbocycles. The van der Waals surface area contributed by atoms with Crippen LogP contribution in [-0.2, 0) is 0 Å². The number of hydrogen-bond acceptors (Lipinski definition) is 4. The van der Waals surface area contributed by atoms with Gasteiger partial charge in [0.25, 0.3) is 0 Å². The van der Waals surface area contributed by atoms with Crippen molar-refractivity contribution < 1.29 is 0 Å². The lowest BCUT2D eigenvalue weighted by Crippen LogP contribution is -2.35. The molecule has 0 bridgehead atoms. The van der Waals surface area contributed by atoms with E-state index < -0.39 is 0 Å². The fourth-order valence-electron chi connectivity index (χ4n) is 4.20. The zero-order valence-electron chi connectivity index (χ0n) is 14.8. The topological polar surface area (TPSA) is 62.1 Å². The molecule has 1 unspecified atom stereocenters. The maximum atomic E-state index is 4.52. The van der Waals surface area contributed by atoms with Gasteiger partial charge in [0.05, 0.1) is 5.69 Å². The summed E-state index contributed by atoms with van der Waals surface area (Å²) in [6, 6.07) is 13.3. The molecule has 132 valence electrons. The molecule has 0 spiro atoms. The molecule has 6 heteroatoms. The van der Waals surface area contributed by atoms with Crippen LogP contribution in [0.1, 0.15) is 43.0 Å². The van der Waals surface area contributed by atoms with Crippen molar-refractivity contribution in [3.8, 4) is 0 Å². The molecule has 0 aliphatic carbocycles. The summed E-state index contributed by atoms with van der Waals surface area (Å²) >= 11 is 0. The second-order valence-electron chi connectivity index (χ2n) is 7.15. The lowest BCUT2D eigenvalue weighted by atomic mass is 9.91. The van der Waals surface area contributed by atoms with Crippen LogP contribution in [0.15, 0.2) is 48.9 Å². The van der Waals surface area contributed by atoms with Gasteiger partial charge in [0.1, 0.15) is 17.5 Å². The monoisotopic (exact) mass is 346 g/mol. The number of nitrogens with zero attached hydrogens (tertiary/aromatic N) is 5. The Morgan fingerprint density at radius 3 is 2.73 bits per heavy atom. The number of rotatable bonds is 3. The predicted molar refractivity (Wildman–Crippen MR) is 101 cm³/mol. The Morgan fingerprint density at radius 2 is 1.92 bits per heavy atom. The molecule has 4 heterocycles. The van der Waals surface area contributed by atoms with Crippen LogP contribution in [0.4, 0.5) is 0 Å². The molecule has 1 aliphatic rings. The predicted octanol–water partition coefficient (Wildman–Crippen LogP) is 3.55. The second-order valence-corrected chi connectivity index (χ2v) is 7.15. The number of aromatic amines is 1. The van der Waals surface area contributed by atoms with Gasteiger partial charge in [-0.25, -0.2) is 9.50 Å². The number of likely N-dealkylation sites (tertiary alicyclic amines) is 1. The highest BCUT2D eigenvalue weighted by Crippen LogP contribution is 2.34. The molecule has 4 aromatic rings. The molecule has 1 N–H and O–H groups in total. The Kier molecular flexibility index (Phi) is 3.71. The fourth-order valence-corrected chi connectivity index (χ4v) is 4.20. The van der Waals surface area contributed by atoms with Crippen LogP contribution in [0.2, 0.25) is 0 Å². The van der Waals surface area contributed by atoms with Crippen molar-refractivity contribution in [2.24, 2.45) is 0 Å². The van der Waals surface area contributed by atoms with Gasteiger partial charge < -0.3 is 4.98 Å². The molecule has 0 radical (unpaired) electrons. The van der Waals surface area contributed by atoms with Crippen molar-refractivity contribution >= 4 is 16.6 Å². The normalized spacial score (nSPS) is 17.9. The van der Waals surface area contributed by atoms with E-state index in [0.29, 0.717) is 12.0 Å². The molecule has 1 saturated heterocycles. The molecule has 1 fully saturated rings. The smallest absolute Gasteiger partial charge is 0.141 e. The number of piperidine rings is 1. The van der Waals surface area contributed by atoms with Crippen LogP contribution >= 0.6 is 0 Å². The number of hydrogen-bond donors (Lipinski definition) is 1. The van der Waals surface area contributed by atoms with Gasteiger partial charge in [-0.05, 0) is 44.5 Å². The zero-order chi connectivity index (χ0) is 17.5. The first-order valence-corrected chi connectivity index (χ1v) is 9.27. The highest BCUT2D eigenvalue weighted by atomic mass is 15.4. The quantitative estimate of drug-likeness (QED) is 0.616. The average Bonchev–Trinajstić information content (AvgIpc) is 3.34. The van der Waals surface area contributed by atoms with Crippen molar-refractivity contribution in [1.29, 1.82) is 0 Å². The first-order valence-electron chi connectivity index (χ1n) is 9.27. The third kappa shape index (κ3) is 2.49. The minimum absolute atomic E-state index is 0.451. The van der Waals surface area contributed by atoms with Crippen LogP contribution in [0.25, 0.3) is 16.6 Å². The van der Waals surface area contributed by atoms with Crippen LogP contribution < -0.4 is 0 Å². The minimum atomic E-state index is 0.451. The maximum absolute atomic E-state index is 4.52. The van der Waals surface area contributed by atoms with Crippen molar-refractivity contribution in [3.63, 3.8) is 0 Å². The number of fused-ring (bicyclic) bond motifs is 3. The minimum Gasteiger partial charge on any atom is -0.346 e.